The van der Waals surface area contributed by atoms with Crippen LogP contribution in [0.15, 0.2) is 30.6 Å². The maximum Gasteiger partial charge on any atom is 0.140 e. The van der Waals surface area contributed by atoms with Crippen LogP contribution in [-0.2, 0) is 13.1 Å². The number of benzene rings is 1. The number of nitrogens with one attached hydrogen (secondary N) is 1. The Labute approximate surface area is 107 Å². The maximum atomic E-state index is 13.3. The molecule has 4 heteroatoms. The molecule has 1 N–H and O–H groups in total. The second-order valence-electron chi connectivity index (χ2n) is 4.12. The van der Waals surface area contributed by atoms with Gasteiger partial charge in [0.05, 0.1) is 0 Å². The minimum absolute atomic E-state index is 0.207. The zero-order valence-electron chi connectivity index (χ0n) is 10.8. The van der Waals surface area contributed by atoms with Gasteiger partial charge in [-0.1, -0.05) is 6.92 Å². The number of nitrogens with zero attached hydrogens (tertiary/aromatic N) is 2. The number of aromatic nitrogens is 2. The van der Waals surface area contributed by atoms with Crippen molar-refractivity contribution in [1.29, 1.82) is 0 Å². The number of aryl methyl sites for hydroxylation is 1. The fraction of sp³-hybridized carbons (Fsp3) is 0.357. The normalized spacial score (nSPS) is 10.8. The summed E-state index contributed by atoms with van der Waals surface area (Å²) in [6.07, 6.45) is 3.72. The highest BCUT2D eigenvalue weighted by atomic mass is 19.1. The van der Waals surface area contributed by atoms with Gasteiger partial charge in [-0.2, -0.15) is 0 Å². The molecule has 0 radical (unpaired) electrons. The minimum Gasteiger partial charge on any atom is -0.331 e. The third-order valence-corrected chi connectivity index (χ3v) is 2.93. The predicted octanol–water partition coefficient (Wildman–Crippen LogP) is 2.82. The molecule has 0 aliphatic carbocycles. The van der Waals surface area contributed by atoms with E-state index in [1.165, 1.54) is 6.07 Å². The lowest BCUT2D eigenvalue weighted by Crippen LogP contribution is -2.13. The van der Waals surface area contributed by atoms with Gasteiger partial charge < -0.3 is 9.88 Å². The van der Waals surface area contributed by atoms with Gasteiger partial charge in [0.2, 0.25) is 0 Å². The van der Waals surface area contributed by atoms with Gasteiger partial charge in [-0.3, -0.25) is 0 Å². The molecule has 3 nitrogen and oxygen atoms in total. The Hall–Kier alpha value is -1.68. The number of hydrogen-bond donors (Lipinski definition) is 1. The first kappa shape index (κ1) is 12.8. The average Bonchev–Trinajstić information content (AvgIpc) is 2.84. The molecule has 0 atom stereocenters. The van der Waals surface area contributed by atoms with Crippen molar-refractivity contribution in [3.63, 3.8) is 0 Å². The van der Waals surface area contributed by atoms with Crippen molar-refractivity contribution in [3.05, 3.63) is 42.0 Å². The summed E-state index contributed by atoms with van der Waals surface area (Å²) < 4.78 is 15.4. The molecule has 96 valence electrons. The van der Waals surface area contributed by atoms with Gasteiger partial charge in [0.1, 0.15) is 11.6 Å². The quantitative estimate of drug-likeness (QED) is 0.880. The van der Waals surface area contributed by atoms with Crippen LogP contribution in [0.3, 0.4) is 0 Å². The first-order valence-corrected chi connectivity index (χ1v) is 6.27. The lowest BCUT2D eigenvalue weighted by molar-refractivity contribution is 0.622. The summed E-state index contributed by atoms with van der Waals surface area (Å²) in [6, 6.07) is 4.86. The molecule has 0 saturated carbocycles. The number of rotatable bonds is 5. The Balaban J connectivity index is 2.43. The molecule has 0 fully saturated rings. The standard InChI is InChI=1S/C14H18FN3/c1-3-16-10-11-9-12(15)5-6-13(11)14-17-7-8-18(14)4-2/h5-9,16H,3-4,10H2,1-2H3. The van der Waals surface area contributed by atoms with Crippen molar-refractivity contribution >= 4 is 0 Å². The molecule has 0 spiro atoms. The van der Waals surface area contributed by atoms with E-state index in [0.717, 1.165) is 30.0 Å². The third-order valence-electron chi connectivity index (χ3n) is 2.93. The van der Waals surface area contributed by atoms with E-state index in [2.05, 4.69) is 21.8 Å². The van der Waals surface area contributed by atoms with E-state index in [4.69, 9.17) is 0 Å². The molecule has 1 aromatic heterocycles. The summed E-state index contributed by atoms with van der Waals surface area (Å²) in [6.45, 7) is 6.47. The molecule has 18 heavy (non-hydrogen) atoms. The van der Waals surface area contributed by atoms with Crippen LogP contribution in [0.4, 0.5) is 4.39 Å². The highest BCUT2D eigenvalue weighted by Gasteiger charge is 2.10. The number of halogens is 1. The summed E-state index contributed by atoms with van der Waals surface area (Å²) in [4.78, 5) is 4.37. The molecule has 2 rings (SSSR count). The first-order valence-electron chi connectivity index (χ1n) is 6.27. The molecule has 1 aromatic carbocycles. The molecule has 0 aliphatic heterocycles. The SMILES string of the molecule is CCNCc1cc(F)ccc1-c1nccn1CC. The molecule has 1 heterocycles. The third kappa shape index (κ3) is 2.59. The van der Waals surface area contributed by atoms with Crippen molar-refractivity contribution < 1.29 is 4.39 Å². The predicted molar refractivity (Wildman–Crippen MR) is 70.7 cm³/mol. The number of imidazole rings is 1. The van der Waals surface area contributed by atoms with E-state index >= 15 is 0 Å². The first-order chi connectivity index (χ1) is 8.76. The van der Waals surface area contributed by atoms with Gasteiger partial charge in [0.15, 0.2) is 0 Å². The Morgan fingerprint density at radius 1 is 1.33 bits per heavy atom. The van der Waals surface area contributed by atoms with E-state index in [-0.39, 0.29) is 5.82 Å². The maximum absolute atomic E-state index is 13.3. The second-order valence-corrected chi connectivity index (χ2v) is 4.12. The fourth-order valence-corrected chi connectivity index (χ4v) is 1.99. The lowest BCUT2D eigenvalue weighted by Gasteiger charge is -2.11. The highest BCUT2D eigenvalue weighted by Crippen LogP contribution is 2.23. The summed E-state index contributed by atoms with van der Waals surface area (Å²) >= 11 is 0. The van der Waals surface area contributed by atoms with E-state index in [1.807, 2.05) is 13.1 Å². The summed E-state index contributed by atoms with van der Waals surface area (Å²) in [5, 5.41) is 3.23. The van der Waals surface area contributed by atoms with Gasteiger partial charge in [-0.15, -0.1) is 0 Å². The van der Waals surface area contributed by atoms with E-state index in [1.54, 1.807) is 18.3 Å². The zero-order chi connectivity index (χ0) is 13.0. The Bertz CT molecular complexity index is 520. The van der Waals surface area contributed by atoms with Crippen LogP contribution in [0.1, 0.15) is 19.4 Å². The highest BCUT2D eigenvalue weighted by molar-refractivity contribution is 5.60. The van der Waals surface area contributed by atoms with Crippen LogP contribution in [-0.4, -0.2) is 16.1 Å². The Morgan fingerprint density at radius 3 is 2.89 bits per heavy atom. The van der Waals surface area contributed by atoms with Gasteiger partial charge in [0, 0.05) is 31.0 Å². The topological polar surface area (TPSA) is 29.9 Å². The largest absolute Gasteiger partial charge is 0.331 e. The minimum atomic E-state index is -0.207. The smallest absolute Gasteiger partial charge is 0.140 e. The Morgan fingerprint density at radius 2 is 2.17 bits per heavy atom. The molecular weight excluding hydrogens is 229 g/mol. The van der Waals surface area contributed by atoms with Crippen LogP contribution >= 0.6 is 0 Å². The van der Waals surface area contributed by atoms with E-state index < -0.39 is 0 Å². The van der Waals surface area contributed by atoms with Crippen LogP contribution in [0.5, 0.6) is 0 Å². The molecule has 0 unspecified atom stereocenters. The van der Waals surface area contributed by atoms with Crippen LogP contribution in [0.2, 0.25) is 0 Å². The van der Waals surface area contributed by atoms with Crippen molar-refractivity contribution in [3.8, 4) is 11.4 Å². The lowest BCUT2D eigenvalue weighted by atomic mass is 10.1. The number of hydrogen-bond acceptors (Lipinski definition) is 2. The molecular formula is C14H18FN3. The fourth-order valence-electron chi connectivity index (χ4n) is 1.99. The van der Waals surface area contributed by atoms with Gasteiger partial charge >= 0.3 is 0 Å². The molecule has 0 saturated heterocycles. The zero-order valence-corrected chi connectivity index (χ0v) is 10.8. The van der Waals surface area contributed by atoms with Gasteiger partial charge in [0.25, 0.3) is 0 Å². The van der Waals surface area contributed by atoms with Crippen LogP contribution < -0.4 is 5.32 Å². The van der Waals surface area contributed by atoms with Crippen molar-refractivity contribution in [2.45, 2.75) is 26.9 Å². The van der Waals surface area contributed by atoms with Crippen molar-refractivity contribution in [2.75, 3.05) is 6.54 Å². The van der Waals surface area contributed by atoms with Gasteiger partial charge in [-0.25, -0.2) is 9.37 Å². The summed E-state index contributed by atoms with van der Waals surface area (Å²) in [5.41, 5.74) is 1.93. The molecule has 0 aliphatic rings. The van der Waals surface area contributed by atoms with E-state index in [0.29, 0.717) is 6.54 Å². The monoisotopic (exact) mass is 247 g/mol. The van der Waals surface area contributed by atoms with Crippen LogP contribution in [0.25, 0.3) is 11.4 Å². The molecule has 0 amide bonds. The van der Waals surface area contributed by atoms with Crippen molar-refractivity contribution in [1.82, 2.24) is 14.9 Å². The van der Waals surface area contributed by atoms with Gasteiger partial charge in [-0.05, 0) is 37.2 Å². The molecule has 2 aromatic rings. The molecule has 0 bridgehead atoms. The summed E-state index contributed by atoms with van der Waals surface area (Å²) in [5.74, 6) is 0.687. The van der Waals surface area contributed by atoms with Crippen molar-refractivity contribution in [2.24, 2.45) is 0 Å². The van der Waals surface area contributed by atoms with Crippen LogP contribution in [0, 0.1) is 5.82 Å². The van der Waals surface area contributed by atoms with E-state index in [9.17, 15) is 4.39 Å². The second kappa shape index (κ2) is 5.78. The average molecular weight is 247 g/mol. The Kier molecular flexibility index (Phi) is 4.10. The summed E-state index contributed by atoms with van der Waals surface area (Å²) in [7, 11) is 0.